The van der Waals surface area contributed by atoms with E-state index in [4.69, 9.17) is 9.84 Å². The van der Waals surface area contributed by atoms with Gasteiger partial charge in [0.1, 0.15) is 24.0 Å². The second kappa shape index (κ2) is 10.4. The highest BCUT2D eigenvalue weighted by Crippen LogP contribution is 2.29. The average molecular weight is 434 g/mol. The zero-order valence-corrected chi connectivity index (χ0v) is 16.6. The molecule has 2 heterocycles. The molecule has 0 amide bonds. The zero-order chi connectivity index (χ0) is 22.2. The van der Waals surface area contributed by atoms with Crippen molar-refractivity contribution in [1.29, 1.82) is 0 Å². The lowest BCUT2D eigenvalue weighted by atomic mass is 10.1. The summed E-state index contributed by atoms with van der Waals surface area (Å²) in [6, 6.07) is 5.38. The molecule has 0 aliphatic heterocycles. The van der Waals surface area contributed by atoms with Crippen molar-refractivity contribution in [2.45, 2.75) is 13.0 Å². The Morgan fingerprint density at radius 3 is 2.97 bits per heavy atom. The summed E-state index contributed by atoms with van der Waals surface area (Å²) < 4.78 is 45.8. The predicted octanol–water partition coefficient (Wildman–Crippen LogP) is 3.23. The van der Waals surface area contributed by atoms with Crippen LogP contribution in [0.4, 0.5) is 19.1 Å². The van der Waals surface area contributed by atoms with Crippen LogP contribution in [-0.2, 0) is 0 Å². The standard InChI is InChI=1S/C20H21F3N6O2/c1-13(16-8-15(22)2-3-18(16)31-7-6-30)27-19-4-5-29-20(28-19)17(11-26-29)14(10-25-23)9-24-12-21/h2-5,8-11,13,25,30H,6-7,12H2,1H3,(H,27,28). The topological polar surface area (TPSA) is 96.1 Å². The Morgan fingerprint density at radius 2 is 2.23 bits per heavy atom. The van der Waals surface area contributed by atoms with Crippen molar-refractivity contribution < 1.29 is 23.1 Å². The summed E-state index contributed by atoms with van der Waals surface area (Å²) in [4.78, 5) is 7.99. The molecule has 0 saturated heterocycles. The van der Waals surface area contributed by atoms with Crippen LogP contribution in [0.2, 0.25) is 0 Å². The normalized spacial score (nSPS) is 13.0. The van der Waals surface area contributed by atoms with E-state index in [1.54, 1.807) is 19.2 Å². The summed E-state index contributed by atoms with van der Waals surface area (Å²) in [5.41, 5.74) is 3.00. The number of aliphatic hydroxyl groups is 1. The van der Waals surface area contributed by atoms with Crippen molar-refractivity contribution in [3.8, 4) is 5.75 Å². The van der Waals surface area contributed by atoms with E-state index in [1.165, 1.54) is 40.7 Å². The lowest BCUT2D eigenvalue weighted by Crippen LogP contribution is -2.12. The zero-order valence-electron chi connectivity index (χ0n) is 16.6. The van der Waals surface area contributed by atoms with E-state index >= 15 is 0 Å². The molecule has 3 N–H and O–H groups in total. The van der Waals surface area contributed by atoms with Crippen LogP contribution in [0.3, 0.4) is 0 Å². The van der Waals surface area contributed by atoms with E-state index in [1.807, 2.05) is 0 Å². The van der Waals surface area contributed by atoms with Gasteiger partial charge in [0.15, 0.2) is 12.4 Å². The van der Waals surface area contributed by atoms with Gasteiger partial charge in [0.25, 0.3) is 0 Å². The third kappa shape index (κ3) is 5.31. The highest BCUT2D eigenvalue weighted by Gasteiger charge is 2.16. The van der Waals surface area contributed by atoms with Gasteiger partial charge in [-0.3, -0.25) is 4.99 Å². The molecule has 1 atom stereocenters. The molecule has 11 heteroatoms. The first kappa shape index (κ1) is 22.1. The molecule has 0 radical (unpaired) electrons. The molecule has 0 saturated carbocycles. The summed E-state index contributed by atoms with van der Waals surface area (Å²) in [6.45, 7) is 0.758. The van der Waals surface area contributed by atoms with Gasteiger partial charge in [-0.15, -0.1) is 4.48 Å². The fourth-order valence-corrected chi connectivity index (χ4v) is 2.97. The molecule has 0 fully saturated rings. The largest absolute Gasteiger partial charge is 0.491 e. The number of nitrogens with one attached hydrogen (secondary N) is 2. The van der Waals surface area contributed by atoms with E-state index in [9.17, 15) is 13.3 Å². The number of alkyl halides is 1. The molecule has 0 aliphatic carbocycles. The van der Waals surface area contributed by atoms with Gasteiger partial charge >= 0.3 is 0 Å². The van der Waals surface area contributed by atoms with Crippen molar-refractivity contribution >= 4 is 23.3 Å². The molecular formula is C20H21F3N6O2. The lowest BCUT2D eigenvalue weighted by Gasteiger charge is -2.19. The van der Waals surface area contributed by atoms with Gasteiger partial charge in [-0.05, 0) is 31.2 Å². The van der Waals surface area contributed by atoms with Crippen LogP contribution in [0.5, 0.6) is 5.75 Å². The minimum absolute atomic E-state index is 0.0763. The molecule has 3 rings (SSSR count). The van der Waals surface area contributed by atoms with E-state index < -0.39 is 18.7 Å². The first-order valence-corrected chi connectivity index (χ1v) is 9.34. The van der Waals surface area contributed by atoms with Gasteiger partial charge in [-0.2, -0.15) is 5.10 Å². The molecule has 164 valence electrons. The van der Waals surface area contributed by atoms with Crippen LogP contribution < -0.4 is 15.6 Å². The molecule has 1 aromatic carbocycles. The number of halogens is 3. The number of aliphatic hydroxyl groups excluding tert-OH is 1. The van der Waals surface area contributed by atoms with Crippen LogP contribution in [0.25, 0.3) is 11.2 Å². The smallest absolute Gasteiger partial charge is 0.179 e. The minimum atomic E-state index is -0.949. The highest BCUT2D eigenvalue weighted by atomic mass is 19.2. The third-order valence-corrected chi connectivity index (χ3v) is 4.34. The number of anilines is 1. The van der Waals surface area contributed by atoms with Crippen molar-refractivity contribution in [3.05, 3.63) is 59.8 Å². The van der Waals surface area contributed by atoms with Gasteiger partial charge in [-0.25, -0.2) is 23.8 Å². The minimum Gasteiger partial charge on any atom is -0.491 e. The number of aliphatic imine (C=N–C) groups is 1. The summed E-state index contributed by atoms with van der Waals surface area (Å²) in [5.74, 6) is 0.444. The highest BCUT2D eigenvalue weighted by molar-refractivity contribution is 6.11. The van der Waals surface area contributed by atoms with E-state index in [0.29, 0.717) is 28.3 Å². The first-order chi connectivity index (χ1) is 15.1. The second-order valence-electron chi connectivity index (χ2n) is 6.40. The molecule has 1 unspecified atom stereocenters. The first-order valence-electron chi connectivity index (χ1n) is 9.34. The number of nitrogens with zero attached hydrogens (tertiary/aromatic N) is 4. The van der Waals surface area contributed by atoms with Crippen molar-refractivity contribution in [2.24, 2.45) is 4.99 Å². The predicted molar refractivity (Wildman–Crippen MR) is 111 cm³/mol. The van der Waals surface area contributed by atoms with Crippen molar-refractivity contribution in [3.63, 3.8) is 0 Å². The number of rotatable bonds is 10. The molecule has 2 aromatic heterocycles. The van der Waals surface area contributed by atoms with Gasteiger partial charge in [0, 0.05) is 35.3 Å². The van der Waals surface area contributed by atoms with Gasteiger partial charge < -0.3 is 15.2 Å². The third-order valence-electron chi connectivity index (χ3n) is 4.34. The Hall–Kier alpha value is -3.60. The van der Waals surface area contributed by atoms with E-state index in [-0.39, 0.29) is 18.8 Å². The molecule has 31 heavy (non-hydrogen) atoms. The lowest BCUT2D eigenvalue weighted by molar-refractivity contribution is 0.200. The monoisotopic (exact) mass is 434 g/mol. The molecule has 0 aliphatic rings. The fraction of sp³-hybridized carbons (Fsp3) is 0.250. The molecule has 0 bridgehead atoms. The summed E-state index contributed by atoms with van der Waals surface area (Å²) in [7, 11) is 0. The van der Waals surface area contributed by atoms with Gasteiger partial charge in [0.05, 0.1) is 18.8 Å². The Labute approximate surface area is 176 Å². The maximum Gasteiger partial charge on any atom is 0.179 e. The van der Waals surface area contributed by atoms with Gasteiger partial charge in [-0.1, -0.05) is 0 Å². The van der Waals surface area contributed by atoms with Crippen LogP contribution in [-0.4, -0.2) is 45.9 Å². The Balaban J connectivity index is 1.92. The molecule has 3 aromatic rings. The number of allylic oxidation sites excluding steroid dienone is 1. The maximum absolute atomic E-state index is 13.8. The van der Waals surface area contributed by atoms with Crippen molar-refractivity contribution in [1.82, 2.24) is 20.1 Å². The Morgan fingerprint density at radius 1 is 1.39 bits per heavy atom. The van der Waals surface area contributed by atoms with Crippen LogP contribution in [0.1, 0.15) is 24.1 Å². The number of aromatic nitrogens is 3. The Kier molecular flexibility index (Phi) is 7.44. The van der Waals surface area contributed by atoms with Crippen molar-refractivity contribution in [2.75, 3.05) is 25.3 Å². The summed E-state index contributed by atoms with van der Waals surface area (Å²) in [6.07, 6.45) is 5.28. The SMILES string of the molecule is CC(Nc1ccn2ncc(C(C=NCF)=CNF)c2n1)c1cc(F)ccc1OCCO. The number of fused-ring (bicyclic) bond motifs is 1. The molecule has 0 spiro atoms. The van der Waals surface area contributed by atoms with Gasteiger partial charge in [0.2, 0.25) is 0 Å². The Bertz CT molecular complexity index is 1090. The van der Waals surface area contributed by atoms with Crippen LogP contribution >= 0.6 is 0 Å². The van der Waals surface area contributed by atoms with E-state index in [0.717, 1.165) is 6.20 Å². The number of hydrogen-bond acceptors (Lipinski definition) is 7. The fourth-order valence-electron chi connectivity index (χ4n) is 2.97. The number of hydrogen-bond donors (Lipinski definition) is 3. The summed E-state index contributed by atoms with van der Waals surface area (Å²) >= 11 is 0. The summed E-state index contributed by atoms with van der Waals surface area (Å²) in [5, 5.41) is 16.3. The quantitative estimate of drug-likeness (QED) is 0.258. The number of ether oxygens (including phenoxy) is 1. The average Bonchev–Trinajstić information content (AvgIpc) is 3.19. The van der Waals surface area contributed by atoms with Crippen LogP contribution in [0, 0.1) is 5.82 Å². The maximum atomic E-state index is 13.8. The number of benzene rings is 1. The van der Waals surface area contributed by atoms with Crippen LogP contribution in [0.15, 0.2) is 47.9 Å². The van der Waals surface area contributed by atoms with E-state index in [2.05, 4.69) is 20.4 Å². The molecule has 8 nitrogen and oxygen atoms in total. The molecular weight excluding hydrogens is 413 g/mol. The second-order valence-corrected chi connectivity index (χ2v) is 6.40.